The van der Waals surface area contributed by atoms with E-state index in [1.165, 1.54) is 12.1 Å². The maximum absolute atomic E-state index is 12.7. The lowest BCUT2D eigenvalue weighted by molar-refractivity contribution is -0.116. The van der Waals surface area contributed by atoms with E-state index < -0.39 is 10.0 Å². The van der Waals surface area contributed by atoms with Crippen molar-refractivity contribution in [3.05, 3.63) is 87.9 Å². The first-order chi connectivity index (χ1) is 13.8. The second-order valence-corrected chi connectivity index (χ2v) is 9.27. The van der Waals surface area contributed by atoms with Crippen LogP contribution in [0.1, 0.15) is 12.0 Å². The number of hydrogen-bond acceptors (Lipinski definition) is 3. The Labute approximate surface area is 183 Å². The Bertz CT molecular complexity index is 1100. The molecule has 0 aromatic heterocycles. The molecule has 0 atom stereocenters. The normalized spacial score (nSPS) is 11.1. The molecule has 8 heteroatoms. The van der Waals surface area contributed by atoms with E-state index >= 15 is 0 Å². The first-order valence-electron chi connectivity index (χ1n) is 8.75. The molecule has 0 aliphatic carbocycles. The number of halogens is 2. The molecule has 0 fully saturated rings. The van der Waals surface area contributed by atoms with Gasteiger partial charge < -0.3 is 5.32 Å². The number of nitrogens with one attached hydrogen (secondary N) is 2. The molecule has 0 heterocycles. The molecular formula is C21H18BrClN2O3S. The zero-order valence-electron chi connectivity index (χ0n) is 15.2. The molecular weight excluding hydrogens is 476 g/mol. The second kappa shape index (κ2) is 9.43. The van der Waals surface area contributed by atoms with Crippen LogP contribution in [0.4, 0.5) is 11.4 Å². The van der Waals surface area contributed by atoms with E-state index in [1.54, 1.807) is 30.3 Å². The summed E-state index contributed by atoms with van der Waals surface area (Å²) in [5.41, 5.74) is 1.82. The topological polar surface area (TPSA) is 75.3 Å². The van der Waals surface area contributed by atoms with Crippen LogP contribution < -0.4 is 10.0 Å². The van der Waals surface area contributed by atoms with Crippen molar-refractivity contribution in [3.63, 3.8) is 0 Å². The fourth-order valence-corrected chi connectivity index (χ4v) is 4.49. The predicted octanol–water partition coefficient (Wildman–Crippen LogP) is 5.47. The van der Waals surface area contributed by atoms with Crippen molar-refractivity contribution in [3.8, 4) is 0 Å². The molecule has 0 bridgehead atoms. The summed E-state index contributed by atoms with van der Waals surface area (Å²) in [5.74, 6) is -0.208. The molecule has 0 saturated carbocycles. The molecule has 29 heavy (non-hydrogen) atoms. The van der Waals surface area contributed by atoms with Gasteiger partial charge in [0, 0.05) is 22.3 Å². The predicted molar refractivity (Wildman–Crippen MR) is 120 cm³/mol. The lowest BCUT2D eigenvalue weighted by atomic mass is 10.1. The number of anilines is 2. The van der Waals surface area contributed by atoms with Crippen LogP contribution in [0.25, 0.3) is 0 Å². The first-order valence-corrected chi connectivity index (χ1v) is 11.4. The molecule has 0 saturated heterocycles. The van der Waals surface area contributed by atoms with Gasteiger partial charge in [-0.1, -0.05) is 57.9 Å². The maximum atomic E-state index is 12.7. The minimum atomic E-state index is -3.92. The largest absolute Gasteiger partial charge is 0.326 e. The van der Waals surface area contributed by atoms with Crippen LogP contribution in [-0.2, 0) is 21.2 Å². The van der Waals surface area contributed by atoms with Crippen molar-refractivity contribution in [2.24, 2.45) is 0 Å². The molecule has 0 aliphatic rings. The first kappa shape index (κ1) is 21.4. The molecule has 3 aromatic carbocycles. The summed E-state index contributed by atoms with van der Waals surface area (Å²) < 4.78 is 28.8. The van der Waals surface area contributed by atoms with E-state index in [1.807, 2.05) is 30.3 Å². The number of rotatable bonds is 7. The summed E-state index contributed by atoms with van der Waals surface area (Å²) in [7, 11) is -3.92. The van der Waals surface area contributed by atoms with Crippen LogP contribution in [0.5, 0.6) is 0 Å². The van der Waals surface area contributed by atoms with Gasteiger partial charge in [-0.05, 0) is 54.4 Å². The summed E-state index contributed by atoms with van der Waals surface area (Å²) >= 11 is 9.41. The van der Waals surface area contributed by atoms with Crippen LogP contribution >= 0.6 is 27.5 Å². The molecule has 0 radical (unpaired) electrons. The standard InChI is InChI=1S/C21H18BrClN2O3S/c22-16-7-9-17(10-8-16)25-29(27,28)20-14-18(11-12-19(20)23)24-21(26)13-6-15-4-2-1-3-5-15/h1-5,7-12,14,25H,6,13H2,(H,24,26). The van der Waals surface area contributed by atoms with Gasteiger partial charge in [-0.3, -0.25) is 9.52 Å². The molecule has 2 N–H and O–H groups in total. The molecule has 1 amide bonds. The van der Waals surface area contributed by atoms with Crippen molar-refractivity contribution < 1.29 is 13.2 Å². The molecule has 3 aromatic rings. The number of amides is 1. The van der Waals surface area contributed by atoms with Gasteiger partial charge in [-0.25, -0.2) is 8.42 Å². The highest BCUT2D eigenvalue weighted by molar-refractivity contribution is 9.10. The number of hydrogen-bond donors (Lipinski definition) is 2. The SMILES string of the molecule is O=C(CCc1ccccc1)Nc1ccc(Cl)c(S(=O)(=O)Nc2ccc(Br)cc2)c1. The van der Waals surface area contributed by atoms with Gasteiger partial charge in [0.1, 0.15) is 4.90 Å². The molecule has 3 rings (SSSR count). The van der Waals surface area contributed by atoms with Crippen molar-refractivity contribution in [1.29, 1.82) is 0 Å². The minimum absolute atomic E-state index is 0.0666. The Morgan fingerprint density at radius 2 is 1.59 bits per heavy atom. The van der Waals surface area contributed by atoms with Crippen LogP contribution in [-0.4, -0.2) is 14.3 Å². The van der Waals surface area contributed by atoms with E-state index in [-0.39, 0.29) is 22.2 Å². The van der Waals surface area contributed by atoms with Gasteiger partial charge in [-0.15, -0.1) is 0 Å². The van der Waals surface area contributed by atoms with E-state index in [4.69, 9.17) is 11.6 Å². The average Bonchev–Trinajstić information content (AvgIpc) is 2.70. The lowest BCUT2D eigenvalue weighted by Gasteiger charge is -2.12. The number of sulfonamides is 1. The van der Waals surface area contributed by atoms with Crippen molar-refractivity contribution >= 4 is 54.8 Å². The third-order valence-electron chi connectivity index (χ3n) is 4.08. The summed E-state index contributed by atoms with van der Waals surface area (Å²) in [5, 5.41) is 2.79. The second-order valence-electron chi connectivity index (χ2n) is 6.29. The molecule has 0 spiro atoms. The van der Waals surface area contributed by atoms with Gasteiger partial charge in [-0.2, -0.15) is 0 Å². The van der Waals surface area contributed by atoms with Crippen molar-refractivity contribution in [1.82, 2.24) is 0 Å². The van der Waals surface area contributed by atoms with Gasteiger partial charge in [0.15, 0.2) is 0 Å². The summed E-state index contributed by atoms with van der Waals surface area (Å²) in [4.78, 5) is 12.1. The minimum Gasteiger partial charge on any atom is -0.326 e. The molecule has 150 valence electrons. The third kappa shape index (κ3) is 6.06. The van der Waals surface area contributed by atoms with Crippen LogP contribution in [0.15, 0.2) is 82.2 Å². The van der Waals surface area contributed by atoms with Crippen LogP contribution in [0.3, 0.4) is 0 Å². The van der Waals surface area contributed by atoms with Gasteiger partial charge in [0.05, 0.1) is 5.02 Å². The summed E-state index contributed by atoms with van der Waals surface area (Å²) in [6.07, 6.45) is 0.877. The van der Waals surface area contributed by atoms with Gasteiger partial charge in [0.2, 0.25) is 5.91 Å². The van der Waals surface area contributed by atoms with Gasteiger partial charge >= 0.3 is 0 Å². The highest BCUT2D eigenvalue weighted by Gasteiger charge is 2.19. The number of carbonyl (C=O) groups is 1. The number of carbonyl (C=O) groups excluding carboxylic acids is 1. The Morgan fingerprint density at radius 3 is 2.28 bits per heavy atom. The molecule has 0 unspecified atom stereocenters. The Morgan fingerprint density at radius 1 is 0.931 bits per heavy atom. The Hall–Kier alpha value is -2.35. The smallest absolute Gasteiger partial charge is 0.263 e. The Balaban J connectivity index is 1.71. The summed E-state index contributed by atoms with van der Waals surface area (Å²) in [6, 6.07) is 20.7. The highest BCUT2D eigenvalue weighted by Crippen LogP contribution is 2.27. The van der Waals surface area contributed by atoms with E-state index in [9.17, 15) is 13.2 Å². The quantitative estimate of drug-likeness (QED) is 0.458. The summed E-state index contributed by atoms with van der Waals surface area (Å²) in [6.45, 7) is 0. The fraction of sp³-hybridized carbons (Fsp3) is 0.0952. The Kier molecular flexibility index (Phi) is 6.95. The van der Waals surface area contributed by atoms with E-state index in [2.05, 4.69) is 26.0 Å². The van der Waals surface area contributed by atoms with E-state index in [0.29, 0.717) is 17.8 Å². The van der Waals surface area contributed by atoms with Gasteiger partial charge in [0.25, 0.3) is 10.0 Å². The molecule has 0 aliphatic heterocycles. The van der Waals surface area contributed by atoms with Crippen molar-refractivity contribution in [2.75, 3.05) is 10.0 Å². The van der Waals surface area contributed by atoms with Crippen LogP contribution in [0, 0.1) is 0 Å². The van der Waals surface area contributed by atoms with Crippen molar-refractivity contribution in [2.45, 2.75) is 17.7 Å². The zero-order chi connectivity index (χ0) is 20.9. The average molecular weight is 494 g/mol. The molecule has 5 nitrogen and oxygen atoms in total. The highest BCUT2D eigenvalue weighted by atomic mass is 79.9. The third-order valence-corrected chi connectivity index (χ3v) is 6.48. The van der Waals surface area contributed by atoms with E-state index in [0.717, 1.165) is 10.0 Å². The lowest BCUT2D eigenvalue weighted by Crippen LogP contribution is -2.15. The fourth-order valence-electron chi connectivity index (χ4n) is 2.64. The monoisotopic (exact) mass is 492 g/mol. The van der Waals surface area contributed by atoms with Crippen LogP contribution in [0.2, 0.25) is 5.02 Å². The number of aryl methyl sites for hydroxylation is 1. The number of benzene rings is 3. The zero-order valence-corrected chi connectivity index (χ0v) is 18.4. The maximum Gasteiger partial charge on any atom is 0.263 e.